The van der Waals surface area contributed by atoms with Crippen LogP contribution in [0.15, 0.2) is 36.4 Å². The van der Waals surface area contributed by atoms with Crippen molar-refractivity contribution in [1.82, 2.24) is 5.48 Å². The van der Waals surface area contributed by atoms with Crippen LogP contribution in [0.25, 0.3) is 0 Å². The average molecular weight is 408 g/mol. The highest BCUT2D eigenvalue weighted by molar-refractivity contribution is 7.92. The molecule has 1 atom stereocenters. The Labute approximate surface area is 165 Å². The molecule has 0 heterocycles. The quantitative estimate of drug-likeness (QED) is 0.652. The van der Waals surface area contributed by atoms with Crippen LogP contribution in [0.4, 0.5) is 10.1 Å². The number of carbonyl (C=O) groups excluding carboxylic acids is 1. The second kappa shape index (κ2) is 9.05. The first-order chi connectivity index (χ1) is 13.1. The summed E-state index contributed by atoms with van der Waals surface area (Å²) in [7, 11) is -3.56. The number of benzene rings is 2. The highest BCUT2D eigenvalue weighted by atomic mass is 32.2. The number of hydroxylamine groups is 1. The molecule has 0 spiro atoms. The number of hydrogen-bond acceptors (Lipinski definition) is 4. The molecule has 1 unspecified atom stereocenters. The Bertz CT molecular complexity index is 961. The Kier molecular flexibility index (Phi) is 7.01. The number of hydrogen-bond donors (Lipinski definition) is 2. The lowest BCUT2D eigenvalue weighted by Crippen LogP contribution is -2.24. The molecule has 0 aliphatic rings. The molecule has 0 saturated carbocycles. The van der Waals surface area contributed by atoms with Crippen LogP contribution in [0.3, 0.4) is 0 Å². The van der Waals surface area contributed by atoms with Crippen molar-refractivity contribution < 1.29 is 22.4 Å². The molecular weight excluding hydrogens is 383 g/mol. The van der Waals surface area contributed by atoms with Crippen molar-refractivity contribution in [2.24, 2.45) is 0 Å². The van der Waals surface area contributed by atoms with Crippen molar-refractivity contribution in [3.8, 4) is 5.75 Å². The van der Waals surface area contributed by atoms with Gasteiger partial charge in [-0.2, -0.15) is 5.48 Å². The van der Waals surface area contributed by atoms with E-state index < -0.39 is 15.8 Å². The number of nitrogens with one attached hydrogen (secondary N) is 2. The highest BCUT2D eigenvalue weighted by Gasteiger charge is 2.13. The Morgan fingerprint density at radius 2 is 1.93 bits per heavy atom. The van der Waals surface area contributed by atoms with Crippen LogP contribution in [0.1, 0.15) is 49.8 Å². The standard InChI is InChI=1S/C20H25FN2O4S/c1-5-13(2)16-7-9-20(27-22-14(3)24)17(12-16)10-15-6-8-19(18(21)11-15)23-28(4,25)26/h6-9,11-13,23H,5,10H2,1-4H3,(H,22,24). The molecule has 28 heavy (non-hydrogen) atoms. The third-order valence-electron chi connectivity index (χ3n) is 4.29. The second-order valence-electron chi connectivity index (χ2n) is 6.80. The summed E-state index contributed by atoms with van der Waals surface area (Å²) in [6, 6.07) is 10.0. The lowest BCUT2D eigenvalue weighted by atomic mass is 9.94. The van der Waals surface area contributed by atoms with Crippen LogP contribution in [-0.4, -0.2) is 20.6 Å². The van der Waals surface area contributed by atoms with E-state index in [0.717, 1.165) is 23.8 Å². The predicted octanol–water partition coefficient (Wildman–Crippen LogP) is 3.73. The maximum Gasteiger partial charge on any atom is 0.249 e. The van der Waals surface area contributed by atoms with E-state index in [1.54, 1.807) is 12.1 Å². The van der Waals surface area contributed by atoms with Gasteiger partial charge in [-0.1, -0.05) is 32.0 Å². The number of anilines is 1. The molecule has 0 aliphatic heterocycles. The van der Waals surface area contributed by atoms with Gasteiger partial charge in [-0.15, -0.1) is 0 Å². The van der Waals surface area contributed by atoms with Gasteiger partial charge in [0.15, 0.2) is 5.75 Å². The van der Waals surface area contributed by atoms with Crippen molar-refractivity contribution in [3.63, 3.8) is 0 Å². The van der Waals surface area contributed by atoms with E-state index in [-0.39, 0.29) is 11.6 Å². The molecule has 2 rings (SSSR count). The minimum absolute atomic E-state index is 0.102. The average Bonchev–Trinajstić information content (AvgIpc) is 2.61. The zero-order valence-electron chi connectivity index (χ0n) is 16.4. The smallest absolute Gasteiger partial charge is 0.249 e. The van der Waals surface area contributed by atoms with E-state index in [9.17, 15) is 17.6 Å². The van der Waals surface area contributed by atoms with E-state index in [1.165, 1.54) is 19.1 Å². The van der Waals surface area contributed by atoms with Gasteiger partial charge in [-0.25, -0.2) is 12.8 Å². The van der Waals surface area contributed by atoms with Crippen molar-refractivity contribution in [2.45, 2.75) is 39.5 Å². The van der Waals surface area contributed by atoms with Gasteiger partial charge in [0, 0.05) is 18.9 Å². The van der Waals surface area contributed by atoms with Crippen LogP contribution in [0, 0.1) is 5.82 Å². The van der Waals surface area contributed by atoms with E-state index in [0.29, 0.717) is 23.7 Å². The Balaban J connectivity index is 2.34. The summed E-state index contributed by atoms with van der Waals surface area (Å²) in [6.07, 6.45) is 2.29. The van der Waals surface area contributed by atoms with Crippen LogP contribution >= 0.6 is 0 Å². The molecule has 0 fully saturated rings. The third-order valence-corrected chi connectivity index (χ3v) is 4.88. The first kappa shape index (κ1) is 21.7. The monoisotopic (exact) mass is 408 g/mol. The van der Waals surface area contributed by atoms with Crippen molar-refractivity contribution in [2.75, 3.05) is 11.0 Å². The highest BCUT2D eigenvalue weighted by Crippen LogP contribution is 2.28. The zero-order valence-corrected chi connectivity index (χ0v) is 17.2. The number of carbonyl (C=O) groups is 1. The molecule has 0 aliphatic carbocycles. The van der Waals surface area contributed by atoms with Gasteiger partial charge in [-0.3, -0.25) is 9.52 Å². The Morgan fingerprint density at radius 1 is 1.21 bits per heavy atom. The third kappa shape index (κ3) is 6.23. The lowest BCUT2D eigenvalue weighted by molar-refractivity contribution is -0.125. The largest absolute Gasteiger partial charge is 0.379 e. The maximum atomic E-state index is 14.3. The molecule has 0 radical (unpaired) electrons. The summed E-state index contributed by atoms with van der Waals surface area (Å²) in [6.45, 7) is 5.55. The summed E-state index contributed by atoms with van der Waals surface area (Å²) < 4.78 is 39.0. The van der Waals surface area contributed by atoms with E-state index in [1.807, 2.05) is 12.1 Å². The van der Waals surface area contributed by atoms with Gasteiger partial charge < -0.3 is 4.84 Å². The molecule has 0 aromatic heterocycles. The molecule has 1 amide bonds. The van der Waals surface area contributed by atoms with E-state index >= 15 is 0 Å². The fourth-order valence-corrected chi connectivity index (χ4v) is 3.24. The topological polar surface area (TPSA) is 84.5 Å². The number of halogens is 1. The first-order valence-corrected chi connectivity index (χ1v) is 10.8. The second-order valence-corrected chi connectivity index (χ2v) is 8.55. The minimum Gasteiger partial charge on any atom is -0.379 e. The van der Waals surface area contributed by atoms with Gasteiger partial charge in [-0.05, 0) is 41.7 Å². The van der Waals surface area contributed by atoms with E-state index in [2.05, 4.69) is 24.0 Å². The van der Waals surface area contributed by atoms with Crippen LogP contribution in [-0.2, 0) is 21.2 Å². The normalized spacial score (nSPS) is 12.3. The van der Waals surface area contributed by atoms with Crippen molar-refractivity contribution in [3.05, 3.63) is 58.9 Å². The molecule has 0 saturated heterocycles. The number of rotatable bonds is 8. The molecule has 152 valence electrons. The molecule has 6 nitrogen and oxygen atoms in total. The molecule has 2 aromatic rings. The van der Waals surface area contributed by atoms with Gasteiger partial charge in [0.25, 0.3) is 0 Å². The summed E-state index contributed by atoms with van der Waals surface area (Å²) >= 11 is 0. The molecule has 8 heteroatoms. The van der Waals surface area contributed by atoms with Gasteiger partial charge in [0.1, 0.15) is 5.82 Å². The van der Waals surface area contributed by atoms with Crippen LogP contribution < -0.4 is 15.0 Å². The van der Waals surface area contributed by atoms with Gasteiger partial charge >= 0.3 is 0 Å². The summed E-state index contributed by atoms with van der Waals surface area (Å²) in [5.74, 6) is -0.183. The number of amides is 1. The Morgan fingerprint density at radius 3 is 2.50 bits per heavy atom. The zero-order chi connectivity index (χ0) is 20.9. The molecular formula is C20H25FN2O4S. The summed E-state index contributed by atoms with van der Waals surface area (Å²) in [4.78, 5) is 16.5. The molecule has 2 N–H and O–H groups in total. The summed E-state index contributed by atoms with van der Waals surface area (Å²) in [5, 5.41) is 0. The van der Waals surface area contributed by atoms with Crippen molar-refractivity contribution in [1.29, 1.82) is 0 Å². The van der Waals surface area contributed by atoms with Crippen molar-refractivity contribution >= 4 is 21.6 Å². The Hall–Kier alpha value is -2.61. The fourth-order valence-electron chi connectivity index (χ4n) is 2.68. The maximum absolute atomic E-state index is 14.3. The molecule has 2 aromatic carbocycles. The minimum atomic E-state index is -3.56. The van der Waals surface area contributed by atoms with Crippen LogP contribution in [0.5, 0.6) is 5.75 Å². The SMILES string of the molecule is CCC(C)c1ccc(ONC(C)=O)c(Cc2ccc(NS(C)(=O)=O)c(F)c2)c1. The van der Waals surface area contributed by atoms with Gasteiger partial charge in [0.05, 0.1) is 11.9 Å². The number of sulfonamides is 1. The fraction of sp³-hybridized carbons (Fsp3) is 0.350. The predicted molar refractivity (Wildman–Crippen MR) is 107 cm³/mol. The van der Waals surface area contributed by atoms with E-state index in [4.69, 9.17) is 4.84 Å². The molecule has 0 bridgehead atoms. The van der Waals surface area contributed by atoms with Gasteiger partial charge in [0.2, 0.25) is 15.9 Å². The lowest BCUT2D eigenvalue weighted by Gasteiger charge is -2.16. The summed E-state index contributed by atoms with van der Waals surface area (Å²) in [5.41, 5.74) is 4.75. The van der Waals surface area contributed by atoms with Crippen LogP contribution in [0.2, 0.25) is 0 Å². The first-order valence-electron chi connectivity index (χ1n) is 8.91.